The minimum atomic E-state index is -0.646. The number of likely N-dealkylation sites (tertiary alicyclic amines) is 1. The summed E-state index contributed by atoms with van der Waals surface area (Å²) in [6.07, 6.45) is 5.39. The largest absolute Gasteiger partial charge is 0.453 e. The molecule has 3 aliphatic heterocycles. The van der Waals surface area contributed by atoms with Crippen molar-refractivity contribution in [3.63, 3.8) is 0 Å². The molecule has 0 aliphatic carbocycles. The van der Waals surface area contributed by atoms with Crippen LogP contribution < -0.4 is 16.0 Å². The average molecular weight is 634 g/mol. The fraction of sp³-hybridized carbons (Fsp3) is 0.405. The summed E-state index contributed by atoms with van der Waals surface area (Å²) in [6.45, 7) is 6.17. The van der Waals surface area contributed by atoms with Crippen LogP contribution in [-0.4, -0.2) is 71.5 Å². The van der Waals surface area contributed by atoms with Gasteiger partial charge in [0.2, 0.25) is 5.91 Å². The van der Waals surface area contributed by atoms with Crippen molar-refractivity contribution < 1.29 is 14.3 Å². The Balaban J connectivity index is 1.01. The number of aromatic nitrogens is 2. The molecule has 0 radical (unpaired) electrons. The van der Waals surface area contributed by atoms with Gasteiger partial charge in [-0.3, -0.25) is 9.79 Å². The predicted molar refractivity (Wildman–Crippen MR) is 184 cm³/mol. The molecule has 4 N–H and O–H groups in total. The molecule has 4 atom stereocenters. The molecule has 1 aromatic heterocycles. The highest BCUT2D eigenvalue weighted by Crippen LogP contribution is 2.31. The molecular formula is C37H43N7O3. The van der Waals surface area contributed by atoms with Crippen LogP contribution in [-0.2, 0) is 9.53 Å². The second-order valence-corrected chi connectivity index (χ2v) is 13.2. The molecule has 10 heteroatoms. The topological polar surface area (TPSA) is 124 Å². The second kappa shape index (κ2) is 13.2. The number of fused-ring (bicyclic) bond motifs is 1. The minimum absolute atomic E-state index is 0.0423. The monoisotopic (exact) mass is 633 g/mol. The number of imidazole rings is 1. The van der Waals surface area contributed by atoms with Gasteiger partial charge in [0.15, 0.2) is 0 Å². The number of rotatable bonds is 8. The van der Waals surface area contributed by atoms with Crippen LogP contribution in [0.3, 0.4) is 0 Å². The van der Waals surface area contributed by atoms with Gasteiger partial charge in [-0.25, -0.2) is 9.78 Å². The molecular weight excluding hydrogens is 590 g/mol. The first kappa shape index (κ1) is 30.9. The molecule has 4 aromatic rings. The van der Waals surface area contributed by atoms with E-state index < -0.39 is 12.1 Å². The summed E-state index contributed by atoms with van der Waals surface area (Å²) >= 11 is 0. The van der Waals surface area contributed by atoms with Crippen LogP contribution in [0.2, 0.25) is 0 Å². The quantitative estimate of drug-likeness (QED) is 0.196. The highest BCUT2D eigenvalue weighted by Gasteiger charge is 2.39. The smallest absolute Gasteiger partial charge is 0.407 e. The first-order valence-electron chi connectivity index (χ1n) is 16.8. The van der Waals surface area contributed by atoms with Crippen LogP contribution in [0.25, 0.3) is 33.2 Å². The summed E-state index contributed by atoms with van der Waals surface area (Å²) in [5.41, 5.74) is 5.69. The number of amidine groups is 1. The third-order valence-electron chi connectivity index (χ3n) is 9.79. The molecule has 3 aliphatic rings. The Morgan fingerprint density at radius 2 is 1.70 bits per heavy atom. The standard InChI is InChI=1S/C37H43N7O3/c1-22(2)33(43-37(46)47-3)36(45)44-17-5-7-32(44)35-40-21-31(42-35)28-15-14-26-18-25(12-13-27(26)19-28)23-8-10-24(11-9-23)30-20-39-34(41-30)29-6-4-16-38-29/h8-15,18-20,22,29,31-33,38H,4-7,16-17,21H2,1-3H3,(H,39,41)(H,40,42)(H,43,46)/t29-,31?,32-,33-/m0/s1. The number of H-pyrrole nitrogens is 1. The fourth-order valence-corrected chi connectivity index (χ4v) is 7.12. The van der Waals surface area contributed by atoms with Gasteiger partial charge < -0.3 is 30.6 Å². The van der Waals surface area contributed by atoms with Gasteiger partial charge >= 0.3 is 6.09 Å². The summed E-state index contributed by atoms with van der Waals surface area (Å²) in [5.74, 6) is 1.71. The van der Waals surface area contributed by atoms with Gasteiger partial charge in [-0.1, -0.05) is 62.4 Å². The van der Waals surface area contributed by atoms with Gasteiger partial charge in [-0.2, -0.15) is 0 Å². The van der Waals surface area contributed by atoms with Crippen molar-refractivity contribution in [1.29, 1.82) is 0 Å². The van der Waals surface area contributed by atoms with Gasteiger partial charge in [0.05, 0.1) is 43.7 Å². The zero-order chi connectivity index (χ0) is 32.5. The first-order chi connectivity index (χ1) is 22.9. The molecule has 3 aromatic carbocycles. The second-order valence-electron chi connectivity index (χ2n) is 13.2. The van der Waals surface area contributed by atoms with Crippen molar-refractivity contribution >= 4 is 28.6 Å². The Kier molecular flexibility index (Phi) is 8.68. The number of carbonyl (C=O) groups is 2. The van der Waals surface area contributed by atoms with E-state index in [0.717, 1.165) is 48.7 Å². The lowest BCUT2D eigenvalue weighted by atomic mass is 9.97. The maximum Gasteiger partial charge on any atom is 0.407 e. The maximum absolute atomic E-state index is 13.5. The fourth-order valence-electron chi connectivity index (χ4n) is 7.12. The van der Waals surface area contributed by atoms with Gasteiger partial charge in [0.25, 0.3) is 0 Å². The number of alkyl carbamates (subject to hydrolysis) is 1. The molecule has 10 nitrogen and oxygen atoms in total. The average Bonchev–Trinajstić information content (AvgIpc) is 3.93. The van der Waals surface area contributed by atoms with E-state index in [1.165, 1.54) is 41.0 Å². The van der Waals surface area contributed by atoms with Crippen LogP contribution in [0.1, 0.15) is 63.0 Å². The SMILES string of the molecule is COC(=O)N[C@H](C(=O)N1CCC[C@H]1C1=NCC(c2ccc3cc(-c4ccc(-c5cnc([C@@H]6CCCN6)[nH]5)cc4)ccc3c2)N1)C(C)C. The molecule has 0 saturated carbocycles. The lowest BCUT2D eigenvalue weighted by Crippen LogP contribution is -2.54. The molecule has 2 fully saturated rings. The maximum atomic E-state index is 13.5. The summed E-state index contributed by atoms with van der Waals surface area (Å²) in [6, 6.07) is 21.5. The highest BCUT2D eigenvalue weighted by molar-refractivity contribution is 5.96. The zero-order valence-electron chi connectivity index (χ0n) is 27.3. The van der Waals surface area contributed by atoms with Crippen molar-refractivity contribution in [3.8, 4) is 22.4 Å². The van der Waals surface area contributed by atoms with E-state index in [0.29, 0.717) is 19.1 Å². The van der Waals surface area contributed by atoms with E-state index in [-0.39, 0.29) is 23.9 Å². The van der Waals surface area contributed by atoms with E-state index in [9.17, 15) is 9.59 Å². The lowest BCUT2D eigenvalue weighted by Gasteiger charge is -2.31. The van der Waals surface area contributed by atoms with Gasteiger partial charge in [-0.15, -0.1) is 0 Å². The van der Waals surface area contributed by atoms with Crippen molar-refractivity contribution in [3.05, 3.63) is 78.2 Å². The Morgan fingerprint density at radius 3 is 2.47 bits per heavy atom. The molecule has 0 bridgehead atoms. The molecule has 2 saturated heterocycles. The minimum Gasteiger partial charge on any atom is -0.453 e. The number of amides is 2. The number of hydrogen-bond donors (Lipinski definition) is 4. The van der Waals surface area contributed by atoms with Crippen LogP contribution >= 0.6 is 0 Å². The zero-order valence-corrected chi connectivity index (χ0v) is 27.3. The molecule has 4 heterocycles. The van der Waals surface area contributed by atoms with E-state index >= 15 is 0 Å². The molecule has 0 spiro atoms. The number of aliphatic imine (C=N–C) groups is 1. The van der Waals surface area contributed by atoms with Gasteiger partial charge in [-0.05, 0) is 83.3 Å². The van der Waals surface area contributed by atoms with Crippen LogP contribution in [0.15, 0.2) is 71.9 Å². The molecule has 7 rings (SSSR count). The Hall–Kier alpha value is -4.70. The number of nitrogens with zero attached hydrogens (tertiary/aromatic N) is 3. The van der Waals surface area contributed by atoms with Crippen molar-refractivity contribution in [2.24, 2.45) is 10.9 Å². The van der Waals surface area contributed by atoms with Crippen molar-refractivity contribution in [2.75, 3.05) is 26.7 Å². The number of carbonyl (C=O) groups excluding carboxylic acids is 2. The Bertz CT molecular complexity index is 1790. The predicted octanol–water partition coefficient (Wildman–Crippen LogP) is 5.74. The van der Waals surface area contributed by atoms with Crippen molar-refractivity contribution in [1.82, 2.24) is 30.8 Å². The molecule has 1 unspecified atom stereocenters. The molecule has 47 heavy (non-hydrogen) atoms. The number of aromatic amines is 1. The highest BCUT2D eigenvalue weighted by atomic mass is 16.5. The van der Waals surface area contributed by atoms with E-state index in [1.807, 2.05) is 24.9 Å². The summed E-state index contributed by atoms with van der Waals surface area (Å²) in [7, 11) is 1.31. The van der Waals surface area contributed by atoms with Crippen molar-refractivity contribution in [2.45, 2.75) is 63.7 Å². The first-order valence-corrected chi connectivity index (χ1v) is 16.8. The Labute approximate surface area is 275 Å². The van der Waals surface area contributed by atoms with E-state index in [2.05, 4.69) is 86.6 Å². The number of methoxy groups -OCH3 is 1. The molecule has 244 valence electrons. The van der Waals surface area contributed by atoms with E-state index in [1.54, 1.807) is 0 Å². The summed E-state index contributed by atoms with van der Waals surface area (Å²) < 4.78 is 4.77. The van der Waals surface area contributed by atoms with Gasteiger partial charge in [0.1, 0.15) is 17.7 Å². The number of benzene rings is 3. The Morgan fingerprint density at radius 1 is 0.936 bits per heavy atom. The number of ether oxygens (including phenoxy) is 1. The lowest BCUT2D eigenvalue weighted by molar-refractivity contribution is -0.134. The third kappa shape index (κ3) is 6.34. The van der Waals surface area contributed by atoms with E-state index in [4.69, 9.17) is 9.73 Å². The van der Waals surface area contributed by atoms with Crippen LogP contribution in [0, 0.1) is 5.92 Å². The summed E-state index contributed by atoms with van der Waals surface area (Å²) in [4.78, 5) is 40.3. The third-order valence-corrected chi connectivity index (χ3v) is 9.79. The molecule has 2 amide bonds. The summed E-state index contributed by atoms with van der Waals surface area (Å²) in [5, 5.41) is 12.2. The van der Waals surface area contributed by atoms with Crippen LogP contribution in [0.4, 0.5) is 4.79 Å². The number of nitrogens with one attached hydrogen (secondary N) is 4. The van der Waals surface area contributed by atoms with Crippen LogP contribution in [0.5, 0.6) is 0 Å². The van der Waals surface area contributed by atoms with Gasteiger partial charge in [0, 0.05) is 6.54 Å². The number of hydrogen-bond acceptors (Lipinski definition) is 7. The normalized spacial score (nSPS) is 21.6.